The lowest BCUT2D eigenvalue weighted by Gasteiger charge is -2.21. The Morgan fingerprint density at radius 1 is 0.750 bits per heavy atom. The van der Waals surface area contributed by atoms with Gasteiger partial charge in [-0.15, -0.1) is 0 Å². The van der Waals surface area contributed by atoms with Crippen LogP contribution in [0.1, 0.15) is 41.3 Å². The average molecular weight is 377 g/mol. The Morgan fingerprint density at radius 2 is 1.29 bits per heavy atom. The average Bonchev–Trinajstić information content (AvgIpc) is 3.19. The zero-order valence-electron chi connectivity index (χ0n) is 16.7. The summed E-state index contributed by atoms with van der Waals surface area (Å²) >= 11 is 0. The van der Waals surface area contributed by atoms with E-state index in [0.29, 0.717) is 25.4 Å². The van der Waals surface area contributed by atoms with Gasteiger partial charge < -0.3 is 9.32 Å². The molecule has 0 aliphatic heterocycles. The number of rotatable bonds is 9. The number of hydrogen-bond donors (Lipinski definition) is 0. The highest BCUT2D eigenvalue weighted by Gasteiger charge is 2.18. The molecule has 3 aromatic rings. The van der Waals surface area contributed by atoms with Gasteiger partial charge in [0.1, 0.15) is 5.76 Å². The number of amides is 1. The van der Waals surface area contributed by atoms with E-state index in [2.05, 4.69) is 53.4 Å². The van der Waals surface area contributed by atoms with Gasteiger partial charge in [-0.2, -0.15) is 0 Å². The number of furan rings is 1. The van der Waals surface area contributed by atoms with E-state index in [-0.39, 0.29) is 5.91 Å². The van der Waals surface area contributed by atoms with E-state index < -0.39 is 0 Å². The van der Waals surface area contributed by atoms with Gasteiger partial charge in [0.15, 0.2) is 5.76 Å². The van der Waals surface area contributed by atoms with Crippen molar-refractivity contribution in [3.05, 3.63) is 95.4 Å². The molecule has 1 heterocycles. The molecule has 0 aliphatic carbocycles. The second-order valence-electron chi connectivity index (χ2n) is 6.86. The Kier molecular flexibility index (Phi) is 7.04. The Balaban J connectivity index is 1.74. The maximum atomic E-state index is 12.5. The molecule has 3 rings (SSSR count). The molecule has 1 amide bonds. The zero-order chi connectivity index (χ0) is 19.8. The van der Waals surface area contributed by atoms with E-state index in [1.165, 1.54) is 11.1 Å². The summed E-state index contributed by atoms with van der Waals surface area (Å²) in [7, 11) is 0. The first kappa shape index (κ1) is 19.9. The minimum atomic E-state index is -0.0473. The summed E-state index contributed by atoms with van der Waals surface area (Å²) < 4.78 is 5.90. The monoisotopic (exact) mass is 376 g/mol. The van der Waals surface area contributed by atoms with Crippen LogP contribution >= 0.6 is 0 Å². The molecule has 4 nitrogen and oxygen atoms in total. The highest BCUT2D eigenvalue weighted by atomic mass is 16.4. The van der Waals surface area contributed by atoms with Gasteiger partial charge in [0.25, 0.3) is 5.91 Å². The van der Waals surface area contributed by atoms with Crippen molar-refractivity contribution in [3.8, 4) is 0 Å². The van der Waals surface area contributed by atoms with Crippen molar-refractivity contribution < 1.29 is 9.21 Å². The summed E-state index contributed by atoms with van der Waals surface area (Å²) in [6.07, 6.45) is 0. The number of benzene rings is 2. The molecule has 28 heavy (non-hydrogen) atoms. The lowest BCUT2D eigenvalue weighted by molar-refractivity contribution is 0.0736. The Hall–Kier alpha value is -2.85. The van der Waals surface area contributed by atoms with E-state index in [9.17, 15) is 4.79 Å². The van der Waals surface area contributed by atoms with Crippen molar-refractivity contribution in [1.29, 1.82) is 0 Å². The number of carbonyl (C=O) groups is 1. The highest BCUT2D eigenvalue weighted by molar-refractivity contribution is 5.91. The number of nitrogens with zero attached hydrogens (tertiary/aromatic N) is 2. The standard InChI is InChI=1S/C24H28N2O2/c1-3-26(4-2)24(27)23-16-15-22(28-23)19-25(17-20-11-7-5-8-12-20)18-21-13-9-6-10-14-21/h5-16H,3-4,17-19H2,1-2H3. The van der Waals surface area contributed by atoms with E-state index in [1.807, 2.05) is 32.0 Å². The van der Waals surface area contributed by atoms with Gasteiger partial charge in [0, 0.05) is 26.2 Å². The second kappa shape index (κ2) is 9.90. The molecule has 0 N–H and O–H groups in total. The summed E-state index contributed by atoms with van der Waals surface area (Å²) in [5.41, 5.74) is 2.51. The van der Waals surface area contributed by atoms with Crippen LogP contribution in [0.4, 0.5) is 0 Å². The molecule has 0 radical (unpaired) electrons. The molecule has 146 valence electrons. The van der Waals surface area contributed by atoms with Gasteiger partial charge >= 0.3 is 0 Å². The molecular formula is C24H28N2O2. The maximum absolute atomic E-state index is 12.5. The predicted octanol–water partition coefficient (Wildman–Crippen LogP) is 4.96. The molecule has 2 aromatic carbocycles. The summed E-state index contributed by atoms with van der Waals surface area (Å²) in [6.45, 7) is 7.60. The summed E-state index contributed by atoms with van der Waals surface area (Å²) in [6, 6.07) is 24.5. The van der Waals surface area contributed by atoms with Crippen molar-refractivity contribution >= 4 is 5.91 Å². The summed E-state index contributed by atoms with van der Waals surface area (Å²) in [4.78, 5) is 16.6. The van der Waals surface area contributed by atoms with E-state index in [4.69, 9.17) is 4.42 Å². The molecule has 0 saturated carbocycles. The third-order valence-electron chi connectivity index (χ3n) is 4.80. The van der Waals surface area contributed by atoms with Crippen LogP contribution in [0.5, 0.6) is 0 Å². The van der Waals surface area contributed by atoms with Crippen molar-refractivity contribution in [1.82, 2.24) is 9.80 Å². The van der Waals surface area contributed by atoms with E-state index in [0.717, 1.165) is 18.8 Å². The smallest absolute Gasteiger partial charge is 0.289 e. The Morgan fingerprint density at radius 3 is 1.79 bits per heavy atom. The fraction of sp³-hybridized carbons (Fsp3) is 0.292. The van der Waals surface area contributed by atoms with Crippen molar-refractivity contribution in [3.63, 3.8) is 0 Å². The van der Waals surface area contributed by atoms with Crippen molar-refractivity contribution in [2.24, 2.45) is 0 Å². The second-order valence-corrected chi connectivity index (χ2v) is 6.86. The fourth-order valence-corrected chi connectivity index (χ4v) is 3.32. The SMILES string of the molecule is CCN(CC)C(=O)c1ccc(CN(Cc2ccccc2)Cc2ccccc2)o1. The topological polar surface area (TPSA) is 36.7 Å². The molecule has 0 atom stereocenters. The van der Waals surface area contributed by atoms with Crippen molar-refractivity contribution in [2.45, 2.75) is 33.5 Å². The minimum Gasteiger partial charge on any atom is -0.455 e. The number of carbonyl (C=O) groups excluding carboxylic acids is 1. The minimum absolute atomic E-state index is 0.0473. The number of hydrogen-bond acceptors (Lipinski definition) is 3. The van der Waals surface area contributed by atoms with Gasteiger partial charge in [-0.25, -0.2) is 0 Å². The lowest BCUT2D eigenvalue weighted by Crippen LogP contribution is -2.30. The highest BCUT2D eigenvalue weighted by Crippen LogP contribution is 2.17. The Bertz CT molecular complexity index is 813. The molecule has 0 aliphatic rings. The van der Waals surface area contributed by atoms with Crippen LogP contribution in [0.2, 0.25) is 0 Å². The largest absolute Gasteiger partial charge is 0.455 e. The maximum Gasteiger partial charge on any atom is 0.289 e. The van der Waals surface area contributed by atoms with E-state index >= 15 is 0 Å². The van der Waals surface area contributed by atoms with Crippen LogP contribution in [0.15, 0.2) is 77.2 Å². The molecule has 0 spiro atoms. The van der Waals surface area contributed by atoms with E-state index in [1.54, 1.807) is 11.0 Å². The van der Waals surface area contributed by atoms with Gasteiger partial charge in [0.05, 0.1) is 6.54 Å². The predicted molar refractivity (Wildman–Crippen MR) is 112 cm³/mol. The van der Waals surface area contributed by atoms with Crippen LogP contribution < -0.4 is 0 Å². The van der Waals surface area contributed by atoms with Crippen LogP contribution in [0.25, 0.3) is 0 Å². The molecule has 1 aromatic heterocycles. The van der Waals surface area contributed by atoms with Crippen LogP contribution in [0, 0.1) is 0 Å². The van der Waals surface area contributed by atoms with Crippen molar-refractivity contribution in [2.75, 3.05) is 13.1 Å². The van der Waals surface area contributed by atoms with Gasteiger partial charge in [-0.05, 0) is 37.1 Å². The van der Waals surface area contributed by atoms with Crippen LogP contribution in [-0.2, 0) is 19.6 Å². The van der Waals surface area contributed by atoms with Gasteiger partial charge in [-0.3, -0.25) is 9.69 Å². The molecular weight excluding hydrogens is 348 g/mol. The van der Waals surface area contributed by atoms with Gasteiger partial charge in [-0.1, -0.05) is 60.7 Å². The normalized spacial score (nSPS) is 11.0. The van der Waals surface area contributed by atoms with Gasteiger partial charge in [0.2, 0.25) is 0 Å². The Labute approximate surface area is 167 Å². The first-order valence-corrected chi connectivity index (χ1v) is 9.87. The fourth-order valence-electron chi connectivity index (χ4n) is 3.32. The summed E-state index contributed by atoms with van der Waals surface area (Å²) in [5, 5.41) is 0. The third-order valence-corrected chi connectivity index (χ3v) is 4.80. The molecule has 0 bridgehead atoms. The zero-order valence-corrected chi connectivity index (χ0v) is 16.7. The molecule has 0 fully saturated rings. The quantitative estimate of drug-likeness (QED) is 0.529. The van der Waals surface area contributed by atoms with Crippen LogP contribution in [0.3, 0.4) is 0 Å². The van der Waals surface area contributed by atoms with Crippen LogP contribution in [-0.4, -0.2) is 28.8 Å². The first-order valence-electron chi connectivity index (χ1n) is 9.87. The molecule has 0 unspecified atom stereocenters. The third kappa shape index (κ3) is 5.33. The summed E-state index contributed by atoms with van der Waals surface area (Å²) in [5.74, 6) is 1.18. The lowest BCUT2D eigenvalue weighted by atomic mass is 10.1. The molecule has 0 saturated heterocycles. The molecule has 4 heteroatoms. The first-order chi connectivity index (χ1) is 13.7.